The van der Waals surface area contributed by atoms with Crippen molar-refractivity contribution in [2.75, 3.05) is 6.54 Å². The van der Waals surface area contributed by atoms with E-state index in [-0.39, 0.29) is 11.6 Å². The minimum absolute atomic E-state index is 0.0517. The van der Waals surface area contributed by atoms with Gasteiger partial charge in [-0.25, -0.2) is 0 Å². The number of rotatable bonds is 5. The van der Waals surface area contributed by atoms with Crippen molar-refractivity contribution in [2.24, 2.45) is 16.8 Å². The number of aliphatic carboxylic acids is 1. The third-order valence-corrected chi connectivity index (χ3v) is 3.92. The Morgan fingerprint density at radius 1 is 1.33 bits per heavy atom. The molecule has 1 aliphatic rings. The van der Waals surface area contributed by atoms with E-state index >= 15 is 0 Å². The monoisotopic (exact) mass is 290 g/mol. The van der Waals surface area contributed by atoms with Gasteiger partial charge in [0.25, 0.3) is 5.69 Å². The lowest BCUT2D eigenvalue weighted by Crippen LogP contribution is -2.22. The Morgan fingerprint density at radius 2 is 2.00 bits per heavy atom. The van der Waals surface area contributed by atoms with Crippen LogP contribution >= 0.6 is 0 Å². The van der Waals surface area contributed by atoms with Gasteiger partial charge in [-0.3, -0.25) is 19.9 Å². The highest BCUT2D eigenvalue weighted by molar-refractivity contribution is 5.85. The summed E-state index contributed by atoms with van der Waals surface area (Å²) in [6.45, 7) is 0.596. The van der Waals surface area contributed by atoms with Gasteiger partial charge < -0.3 is 5.11 Å². The second kappa shape index (κ2) is 6.97. The number of aliphatic imine (C=N–C) groups is 1. The molecular formula is C15H18N2O4. The molecule has 0 aromatic heterocycles. The summed E-state index contributed by atoms with van der Waals surface area (Å²) in [5.41, 5.74) is 0.553. The zero-order chi connectivity index (χ0) is 15.2. The number of nitro benzene ring substituents is 1. The molecule has 0 radical (unpaired) electrons. The standard InChI is InChI=1S/C15H18N2O4/c18-15(19)12-7-5-11(6-8-12)9-16-10-13-3-1-2-4-14(13)17(20)21/h1-4,10-12H,5-9H2,(H,18,19)/b16-10+. The molecule has 1 saturated carbocycles. The Morgan fingerprint density at radius 3 is 2.62 bits per heavy atom. The van der Waals surface area contributed by atoms with E-state index in [0.29, 0.717) is 30.9 Å². The van der Waals surface area contributed by atoms with E-state index in [4.69, 9.17) is 5.11 Å². The van der Waals surface area contributed by atoms with Gasteiger partial charge in [-0.15, -0.1) is 0 Å². The second-order valence-electron chi connectivity index (χ2n) is 5.37. The number of nitro groups is 1. The predicted octanol–water partition coefficient (Wildman–Crippen LogP) is 2.90. The molecule has 1 aliphatic carbocycles. The molecule has 21 heavy (non-hydrogen) atoms. The molecular weight excluding hydrogens is 272 g/mol. The highest BCUT2D eigenvalue weighted by Crippen LogP contribution is 2.29. The Bertz CT molecular complexity index is 548. The van der Waals surface area contributed by atoms with E-state index in [2.05, 4.69) is 4.99 Å². The number of hydrogen-bond donors (Lipinski definition) is 1. The zero-order valence-corrected chi connectivity index (χ0v) is 11.6. The van der Waals surface area contributed by atoms with Crippen LogP contribution < -0.4 is 0 Å². The average Bonchev–Trinajstić information content (AvgIpc) is 2.48. The van der Waals surface area contributed by atoms with Crippen LogP contribution in [-0.2, 0) is 4.79 Å². The van der Waals surface area contributed by atoms with Crippen molar-refractivity contribution in [1.29, 1.82) is 0 Å². The molecule has 1 N–H and O–H groups in total. The number of hydrogen-bond acceptors (Lipinski definition) is 4. The maximum atomic E-state index is 10.9. The fraction of sp³-hybridized carbons (Fsp3) is 0.467. The first-order valence-electron chi connectivity index (χ1n) is 7.04. The maximum absolute atomic E-state index is 10.9. The Kier molecular flexibility index (Phi) is 5.03. The quantitative estimate of drug-likeness (QED) is 0.512. The van der Waals surface area contributed by atoms with Crippen LogP contribution in [0.3, 0.4) is 0 Å². The summed E-state index contributed by atoms with van der Waals surface area (Å²) >= 11 is 0. The first-order valence-corrected chi connectivity index (χ1v) is 7.04. The maximum Gasteiger partial charge on any atom is 0.306 e. The molecule has 1 aromatic rings. The smallest absolute Gasteiger partial charge is 0.306 e. The summed E-state index contributed by atoms with van der Waals surface area (Å²) < 4.78 is 0. The summed E-state index contributed by atoms with van der Waals surface area (Å²) in [5.74, 6) is -0.558. The third kappa shape index (κ3) is 4.11. The van der Waals surface area contributed by atoms with Crippen molar-refractivity contribution in [2.45, 2.75) is 25.7 Å². The van der Waals surface area contributed by atoms with E-state index in [1.54, 1.807) is 24.4 Å². The van der Waals surface area contributed by atoms with Gasteiger partial charge in [-0.1, -0.05) is 12.1 Å². The number of para-hydroxylation sites is 1. The van der Waals surface area contributed by atoms with E-state index < -0.39 is 10.9 Å². The van der Waals surface area contributed by atoms with Gasteiger partial charge in [-0.2, -0.15) is 0 Å². The van der Waals surface area contributed by atoms with Crippen molar-refractivity contribution in [3.63, 3.8) is 0 Å². The molecule has 0 unspecified atom stereocenters. The van der Waals surface area contributed by atoms with Crippen LogP contribution in [0.5, 0.6) is 0 Å². The molecule has 1 fully saturated rings. The Balaban J connectivity index is 1.89. The summed E-state index contributed by atoms with van der Waals surface area (Å²) in [7, 11) is 0. The average molecular weight is 290 g/mol. The van der Waals surface area contributed by atoms with E-state index in [0.717, 1.165) is 12.8 Å². The lowest BCUT2D eigenvalue weighted by atomic mass is 9.82. The zero-order valence-electron chi connectivity index (χ0n) is 11.6. The topological polar surface area (TPSA) is 92.8 Å². The van der Waals surface area contributed by atoms with E-state index in [1.165, 1.54) is 6.07 Å². The summed E-state index contributed by atoms with van der Waals surface area (Å²) in [5, 5.41) is 19.8. The van der Waals surface area contributed by atoms with Gasteiger partial charge in [0, 0.05) is 18.8 Å². The van der Waals surface area contributed by atoms with Crippen LogP contribution in [0.25, 0.3) is 0 Å². The molecule has 0 spiro atoms. The van der Waals surface area contributed by atoms with Crippen molar-refractivity contribution in [1.82, 2.24) is 0 Å². The molecule has 0 saturated heterocycles. The highest BCUT2D eigenvalue weighted by atomic mass is 16.6. The Labute approximate surface area is 122 Å². The number of carboxylic acid groups (broad SMARTS) is 1. The molecule has 6 heteroatoms. The van der Waals surface area contributed by atoms with Crippen LogP contribution in [0.1, 0.15) is 31.2 Å². The molecule has 0 bridgehead atoms. The number of benzene rings is 1. The number of carboxylic acids is 1. The molecule has 0 amide bonds. The predicted molar refractivity (Wildman–Crippen MR) is 78.6 cm³/mol. The van der Waals surface area contributed by atoms with Crippen molar-refractivity contribution >= 4 is 17.9 Å². The van der Waals surface area contributed by atoms with Gasteiger partial charge >= 0.3 is 5.97 Å². The summed E-state index contributed by atoms with van der Waals surface area (Å²) in [6.07, 6.45) is 4.64. The van der Waals surface area contributed by atoms with Crippen LogP contribution in [-0.4, -0.2) is 28.8 Å². The summed E-state index contributed by atoms with van der Waals surface area (Å²) in [4.78, 5) is 25.6. The fourth-order valence-electron chi connectivity index (χ4n) is 2.66. The van der Waals surface area contributed by atoms with Crippen LogP contribution in [0, 0.1) is 22.0 Å². The molecule has 2 rings (SSSR count). The SMILES string of the molecule is O=C(O)C1CCC(C/N=C/c2ccccc2[N+](=O)[O-])CC1. The number of carbonyl (C=O) groups is 1. The molecule has 0 atom stereocenters. The van der Waals surface area contributed by atoms with Gasteiger partial charge in [0.1, 0.15) is 0 Å². The molecule has 6 nitrogen and oxygen atoms in total. The molecule has 1 aromatic carbocycles. The van der Waals surface area contributed by atoms with Crippen LogP contribution in [0.15, 0.2) is 29.3 Å². The minimum atomic E-state index is -0.711. The van der Waals surface area contributed by atoms with Crippen LogP contribution in [0.4, 0.5) is 5.69 Å². The van der Waals surface area contributed by atoms with Crippen LogP contribution in [0.2, 0.25) is 0 Å². The first kappa shape index (κ1) is 15.2. The second-order valence-corrected chi connectivity index (χ2v) is 5.37. The van der Waals surface area contributed by atoms with E-state index in [1.807, 2.05) is 0 Å². The van der Waals surface area contributed by atoms with E-state index in [9.17, 15) is 14.9 Å². The first-order chi connectivity index (χ1) is 10.1. The largest absolute Gasteiger partial charge is 0.481 e. The molecule has 0 heterocycles. The van der Waals surface area contributed by atoms with Gasteiger partial charge in [0.2, 0.25) is 0 Å². The number of nitrogens with zero attached hydrogens (tertiary/aromatic N) is 2. The lowest BCUT2D eigenvalue weighted by molar-refractivity contribution is -0.385. The normalized spacial score (nSPS) is 22.3. The minimum Gasteiger partial charge on any atom is -0.481 e. The summed E-state index contributed by atoms with van der Waals surface area (Å²) in [6, 6.07) is 6.50. The Hall–Kier alpha value is -2.24. The van der Waals surface area contributed by atoms with Crippen molar-refractivity contribution in [3.8, 4) is 0 Å². The van der Waals surface area contributed by atoms with Gasteiger partial charge in [0.05, 0.1) is 16.4 Å². The van der Waals surface area contributed by atoms with Gasteiger partial charge in [0.15, 0.2) is 0 Å². The lowest BCUT2D eigenvalue weighted by Gasteiger charge is -2.24. The molecule has 0 aliphatic heterocycles. The highest BCUT2D eigenvalue weighted by Gasteiger charge is 2.25. The molecule has 112 valence electrons. The van der Waals surface area contributed by atoms with Gasteiger partial charge in [-0.05, 0) is 37.7 Å². The fourth-order valence-corrected chi connectivity index (χ4v) is 2.66. The van der Waals surface area contributed by atoms with Crippen molar-refractivity contribution in [3.05, 3.63) is 39.9 Å². The van der Waals surface area contributed by atoms with Crippen molar-refractivity contribution < 1.29 is 14.8 Å². The third-order valence-electron chi connectivity index (χ3n) is 3.92.